The molecule has 3 heterocycles. The third-order valence-corrected chi connectivity index (χ3v) is 2.63. The van der Waals surface area contributed by atoms with Crippen LogP contribution in [0.1, 0.15) is 0 Å². The molecule has 0 radical (unpaired) electrons. The van der Waals surface area contributed by atoms with Gasteiger partial charge in [-0.25, -0.2) is 14.6 Å². The summed E-state index contributed by atoms with van der Waals surface area (Å²) in [6.07, 6.45) is 2.79. The molecule has 0 aromatic carbocycles. The van der Waals surface area contributed by atoms with Crippen molar-refractivity contribution in [2.75, 3.05) is 11.1 Å². The van der Waals surface area contributed by atoms with Crippen LogP contribution in [0.25, 0.3) is 11.2 Å². The van der Waals surface area contributed by atoms with Gasteiger partial charge in [-0.2, -0.15) is 9.97 Å². The molecule has 20 heavy (non-hydrogen) atoms. The summed E-state index contributed by atoms with van der Waals surface area (Å²) < 4.78 is 1.29. The van der Waals surface area contributed by atoms with Crippen LogP contribution in [0.5, 0.6) is 0 Å². The monoisotopic (exact) mass is 293 g/mol. The van der Waals surface area contributed by atoms with Crippen LogP contribution in [0.4, 0.5) is 11.9 Å². The maximum Gasteiger partial charge on any atom is 0.248 e. The van der Waals surface area contributed by atoms with E-state index < -0.39 is 0 Å². The number of nitrogens with one attached hydrogen (secondary N) is 2. The van der Waals surface area contributed by atoms with Gasteiger partial charge in [0, 0.05) is 0 Å². The molecule has 0 saturated heterocycles. The van der Waals surface area contributed by atoms with Gasteiger partial charge in [0.15, 0.2) is 10.8 Å². The minimum atomic E-state index is -0.388. The second-order valence-electron chi connectivity index (χ2n) is 3.79. The van der Waals surface area contributed by atoms with Crippen molar-refractivity contribution in [2.24, 2.45) is 0 Å². The zero-order valence-electron chi connectivity index (χ0n) is 9.91. The topological polar surface area (TPSA) is 140 Å². The Morgan fingerprint density at radius 2 is 2.30 bits per heavy atom. The first-order valence-electron chi connectivity index (χ1n) is 5.43. The molecule has 3 aromatic heterocycles. The van der Waals surface area contributed by atoms with Crippen molar-refractivity contribution in [3.63, 3.8) is 0 Å². The molecule has 0 atom stereocenters. The van der Waals surface area contributed by atoms with Crippen LogP contribution in [0.3, 0.4) is 0 Å². The van der Waals surface area contributed by atoms with Crippen LogP contribution < -0.4 is 11.1 Å². The van der Waals surface area contributed by atoms with E-state index in [0.29, 0.717) is 11.2 Å². The van der Waals surface area contributed by atoms with E-state index in [-0.39, 0.29) is 29.5 Å². The molecule has 3 rings (SSSR count). The summed E-state index contributed by atoms with van der Waals surface area (Å²) in [4.78, 5) is 30.2. The number of anilines is 2. The molecular weight excluding hydrogens is 286 g/mol. The van der Waals surface area contributed by atoms with Gasteiger partial charge in [0.05, 0.1) is 6.33 Å². The number of carbonyl (C=O) groups excluding carboxylic acids is 1. The molecular formula is C9H8ClN9O. The maximum absolute atomic E-state index is 11.8. The number of amides is 1. The molecule has 0 bridgehead atoms. The molecule has 0 fully saturated rings. The third-order valence-electron chi connectivity index (χ3n) is 2.35. The van der Waals surface area contributed by atoms with E-state index in [9.17, 15) is 4.79 Å². The fourth-order valence-electron chi connectivity index (χ4n) is 1.55. The van der Waals surface area contributed by atoms with E-state index in [0.717, 1.165) is 0 Å². The number of aromatic nitrogens is 7. The standard InChI is InChI=1S/C9H8ClN9O/c10-6-5-7(13-2-12-5)17-9(16-6)15-4(20)1-19-3-14-8(11)18-19/h2-3H,1H2,(H2,11,18)(H2,12,13,15,16,17,20). The number of rotatable bonds is 3. The van der Waals surface area contributed by atoms with Crippen LogP contribution in [0.15, 0.2) is 12.7 Å². The number of nitrogen functional groups attached to an aromatic ring is 1. The number of nitrogens with two attached hydrogens (primary N) is 1. The van der Waals surface area contributed by atoms with E-state index in [1.165, 1.54) is 17.3 Å². The smallest absolute Gasteiger partial charge is 0.248 e. The Balaban J connectivity index is 1.77. The van der Waals surface area contributed by atoms with Gasteiger partial charge in [-0.15, -0.1) is 5.10 Å². The fourth-order valence-corrected chi connectivity index (χ4v) is 1.77. The third kappa shape index (κ3) is 2.36. The van der Waals surface area contributed by atoms with Crippen molar-refractivity contribution in [1.29, 1.82) is 0 Å². The lowest BCUT2D eigenvalue weighted by atomic mass is 10.5. The number of aromatic amines is 1. The predicted molar refractivity (Wildman–Crippen MR) is 69.8 cm³/mol. The van der Waals surface area contributed by atoms with E-state index in [1.807, 2.05) is 0 Å². The highest BCUT2D eigenvalue weighted by molar-refractivity contribution is 6.33. The first-order valence-corrected chi connectivity index (χ1v) is 5.81. The predicted octanol–water partition coefficient (Wildman–Crippen LogP) is -0.181. The molecule has 0 spiro atoms. The zero-order valence-corrected chi connectivity index (χ0v) is 10.7. The van der Waals surface area contributed by atoms with Crippen molar-refractivity contribution < 1.29 is 4.79 Å². The van der Waals surface area contributed by atoms with Crippen molar-refractivity contribution in [1.82, 2.24) is 34.7 Å². The quantitative estimate of drug-likeness (QED) is 0.569. The summed E-state index contributed by atoms with van der Waals surface area (Å²) in [6, 6.07) is 0. The van der Waals surface area contributed by atoms with Gasteiger partial charge >= 0.3 is 0 Å². The molecule has 4 N–H and O–H groups in total. The van der Waals surface area contributed by atoms with Crippen LogP contribution in [-0.4, -0.2) is 40.6 Å². The second kappa shape index (κ2) is 4.74. The molecule has 0 aliphatic rings. The lowest BCUT2D eigenvalue weighted by molar-refractivity contribution is -0.116. The Bertz CT molecular complexity index is 779. The molecule has 3 aromatic rings. The molecule has 1 amide bonds. The normalized spacial score (nSPS) is 10.8. The number of hydrogen-bond acceptors (Lipinski definition) is 7. The van der Waals surface area contributed by atoms with E-state index in [2.05, 4.69) is 35.3 Å². The fraction of sp³-hybridized carbons (Fsp3) is 0.111. The number of hydrogen-bond donors (Lipinski definition) is 3. The highest BCUT2D eigenvalue weighted by Gasteiger charge is 2.11. The van der Waals surface area contributed by atoms with E-state index in [4.69, 9.17) is 17.3 Å². The molecule has 0 saturated carbocycles. The molecule has 102 valence electrons. The largest absolute Gasteiger partial charge is 0.367 e. The first kappa shape index (κ1) is 12.3. The Morgan fingerprint density at radius 3 is 3.05 bits per heavy atom. The van der Waals surface area contributed by atoms with Crippen molar-refractivity contribution >= 4 is 40.6 Å². The maximum atomic E-state index is 11.8. The van der Waals surface area contributed by atoms with Crippen LogP contribution in [0.2, 0.25) is 5.15 Å². The highest BCUT2D eigenvalue weighted by atomic mass is 35.5. The van der Waals surface area contributed by atoms with Crippen LogP contribution in [0, 0.1) is 0 Å². The van der Waals surface area contributed by atoms with Gasteiger partial charge < -0.3 is 10.7 Å². The average Bonchev–Trinajstić information content (AvgIpc) is 2.98. The second-order valence-corrected chi connectivity index (χ2v) is 4.15. The lowest BCUT2D eigenvalue weighted by Gasteiger charge is -2.03. The molecule has 0 aliphatic carbocycles. The molecule has 11 heteroatoms. The van der Waals surface area contributed by atoms with Crippen LogP contribution >= 0.6 is 11.6 Å². The van der Waals surface area contributed by atoms with Crippen molar-refractivity contribution in [3.05, 3.63) is 17.8 Å². The van der Waals surface area contributed by atoms with Crippen molar-refractivity contribution in [3.8, 4) is 0 Å². The number of carbonyl (C=O) groups is 1. The van der Waals surface area contributed by atoms with Crippen molar-refractivity contribution in [2.45, 2.75) is 6.54 Å². The summed E-state index contributed by atoms with van der Waals surface area (Å²) in [5.41, 5.74) is 6.22. The zero-order chi connectivity index (χ0) is 14.1. The van der Waals surface area contributed by atoms with Gasteiger partial charge in [0.2, 0.25) is 17.8 Å². The molecule has 0 unspecified atom stereocenters. The Hall–Kier alpha value is -2.75. The first-order chi connectivity index (χ1) is 9.61. The number of H-pyrrole nitrogens is 1. The molecule has 10 nitrogen and oxygen atoms in total. The summed E-state index contributed by atoms with van der Waals surface area (Å²) in [7, 11) is 0. The number of imidazole rings is 1. The summed E-state index contributed by atoms with van der Waals surface area (Å²) in [5.74, 6) is -0.233. The van der Waals surface area contributed by atoms with E-state index in [1.54, 1.807) is 0 Å². The SMILES string of the molecule is Nc1ncn(CC(=O)Nc2nc(Cl)c3[nH]cnc3n2)n1. The lowest BCUT2D eigenvalue weighted by Crippen LogP contribution is -2.20. The number of fused-ring (bicyclic) bond motifs is 1. The minimum absolute atomic E-state index is 0.0627. The number of halogens is 1. The van der Waals surface area contributed by atoms with Gasteiger partial charge in [0.1, 0.15) is 18.4 Å². The molecule has 0 aliphatic heterocycles. The summed E-state index contributed by atoms with van der Waals surface area (Å²) >= 11 is 5.93. The highest BCUT2D eigenvalue weighted by Crippen LogP contribution is 2.18. The van der Waals surface area contributed by atoms with Gasteiger partial charge in [-0.05, 0) is 0 Å². The van der Waals surface area contributed by atoms with Crippen LogP contribution in [-0.2, 0) is 11.3 Å². The number of nitrogens with zero attached hydrogens (tertiary/aromatic N) is 6. The Morgan fingerprint density at radius 1 is 1.45 bits per heavy atom. The summed E-state index contributed by atoms with van der Waals surface area (Å²) in [6.45, 7) is -0.0657. The summed E-state index contributed by atoms with van der Waals surface area (Å²) in [5, 5.41) is 6.46. The van der Waals surface area contributed by atoms with Gasteiger partial charge in [-0.3, -0.25) is 10.1 Å². The van der Waals surface area contributed by atoms with Gasteiger partial charge in [-0.1, -0.05) is 11.6 Å². The minimum Gasteiger partial charge on any atom is -0.367 e. The van der Waals surface area contributed by atoms with E-state index >= 15 is 0 Å². The Labute approximate surface area is 116 Å². The Kier molecular flexibility index (Phi) is 2.91. The van der Waals surface area contributed by atoms with Gasteiger partial charge in [0.25, 0.3) is 0 Å². The average molecular weight is 294 g/mol.